The lowest BCUT2D eigenvalue weighted by Gasteiger charge is -2.26. The molecule has 1 aliphatic heterocycles. The van der Waals surface area contributed by atoms with Gasteiger partial charge in [-0.1, -0.05) is 54.1 Å². The molecule has 0 aliphatic carbocycles. The summed E-state index contributed by atoms with van der Waals surface area (Å²) in [6.07, 6.45) is 2.25. The second-order valence-corrected chi connectivity index (χ2v) is 6.10. The SMILES string of the molecule is Clc1ccccc1-c1ccccc1CCCN1CCOCC1. The molecule has 0 spiro atoms. The minimum Gasteiger partial charge on any atom is -0.379 e. The molecular formula is C19H22ClNO. The molecule has 0 saturated carbocycles. The van der Waals surface area contributed by atoms with E-state index in [9.17, 15) is 0 Å². The van der Waals surface area contributed by atoms with E-state index in [1.165, 1.54) is 17.5 Å². The van der Waals surface area contributed by atoms with Gasteiger partial charge in [-0.2, -0.15) is 0 Å². The Kier molecular flexibility index (Phi) is 5.49. The molecule has 0 bridgehead atoms. The van der Waals surface area contributed by atoms with Crippen molar-refractivity contribution in [2.75, 3.05) is 32.8 Å². The maximum absolute atomic E-state index is 6.36. The van der Waals surface area contributed by atoms with E-state index in [0.29, 0.717) is 0 Å². The zero-order valence-electron chi connectivity index (χ0n) is 12.8. The first-order valence-electron chi connectivity index (χ1n) is 7.97. The predicted molar refractivity (Wildman–Crippen MR) is 92.5 cm³/mol. The van der Waals surface area contributed by atoms with Crippen molar-refractivity contribution in [1.82, 2.24) is 4.90 Å². The van der Waals surface area contributed by atoms with Crippen LogP contribution < -0.4 is 0 Å². The van der Waals surface area contributed by atoms with E-state index in [4.69, 9.17) is 16.3 Å². The standard InChI is InChI=1S/C19H22ClNO/c20-19-10-4-3-9-18(19)17-8-2-1-6-16(17)7-5-11-21-12-14-22-15-13-21/h1-4,6,8-10H,5,7,11-15H2. The van der Waals surface area contributed by atoms with Crippen LogP contribution in [0.25, 0.3) is 11.1 Å². The molecule has 0 N–H and O–H groups in total. The van der Waals surface area contributed by atoms with Gasteiger partial charge in [0.1, 0.15) is 0 Å². The van der Waals surface area contributed by atoms with Crippen molar-refractivity contribution in [3.63, 3.8) is 0 Å². The fourth-order valence-electron chi connectivity index (χ4n) is 3.00. The van der Waals surface area contributed by atoms with Crippen LogP contribution in [0.15, 0.2) is 48.5 Å². The maximum Gasteiger partial charge on any atom is 0.0594 e. The number of rotatable bonds is 5. The minimum absolute atomic E-state index is 0.822. The summed E-state index contributed by atoms with van der Waals surface area (Å²) in [5.74, 6) is 0. The molecule has 1 heterocycles. The molecule has 116 valence electrons. The number of nitrogens with zero attached hydrogens (tertiary/aromatic N) is 1. The van der Waals surface area contributed by atoms with Crippen LogP contribution in [0.5, 0.6) is 0 Å². The second-order valence-electron chi connectivity index (χ2n) is 5.69. The summed E-state index contributed by atoms with van der Waals surface area (Å²) in [7, 11) is 0. The molecule has 0 atom stereocenters. The lowest BCUT2D eigenvalue weighted by molar-refractivity contribution is 0.0375. The molecule has 1 saturated heterocycles. The average Bonchev–Trinajstić information content (AvgIpc) is 2.57. The Labute approximate surface area is 137 Å². The van der Waals surface area contributed by atoms with E-state index in [0.717, 1.165) is 49.9 Å². The minimum atomic E-state index is 0.822. The molecule has 1 aliphatic rings. The normalized spacial score (nSPS) is 15.9. The molecule has 3 rings (SSSR count). The van der Waals surface area contributed by atoms with E-state index in [2.05, 4.69) is 35.2 Å². The summed E-state index contributed by atoms with van der Waals surface area (Å²) in [6.45, 7) is 5.00. The summed E-state index contributed by atoms with van der Waals surface area (Å²) in [4.78, 5) is 2.49. The quantitative estimate of drug-likeness (QED) is 0.817. The maximum atomic E-state index is 6.36. The van der Waals surface area contributed by atoms with E-state index in [1.807, 2.05) is 18.2 Å². The van der Waals surface area contributed by atoms with E-state index < -0.39 is 0 Å². The fourth-order valence-corrected chi connectivity index (χ4v) is 3.24. The monoisotopic (exact) mass is 315 g/mol. The van der Waals surface area contributed by atoms with Crippen molar-refractivity contribution < 1.29 is 4.74 Å². The lowest BCUT2D eigenvalue weighted by Crippen LogP contribution is -2.36. The summed E-state index contributed by atoms with van der Waals surface area (Å²) in [5.41, 5.74) is 3.77. The zero-order chi connectivity index (χ0) is 15.2. The third-order valence-corrected chi connectivity index (χ3v) is 4.54. The van der Waals surface area contributed by atoms with E-state index in [-0.39, 0.29) is 0 Å². The van der Waals surface area contributed by atoms with Gasteiger partial charge in [-0.25, -0.2) is 0 Å². The molecule has 0 amide bonds. The highest BCUT2D eigenvalue weighted by Crippen LogP contribution is 2.30. The summed E-state index contributed by atoms with van der Waals surface area (Å²) in [5, 5.41) is 0.822. The molecule has 0 unspecified atom stereocenters. The van der Waals surface area contributed by atoms with Gasteiger partial charge in [0.2, 0.25) is 0 Å². The molecule has 2 aromatic rings. The fraction of sp³-hybridized carbons (Fsp3) is 0.368. The van der Waals surface area contributed by atoms with Gasteiger partial charge < -0.3 is 4.74 Å². The van der Waals surface area contributed by atoms with Gasteiger partial charge in [-0.3, -0.25) is 4.90 Å². The number of halogens is 1. The first kappa shape index (κ1) is 15.5. The summed E-state index contributed by atoms with van der Waals surface area (Å²) in [6, 6.07) is 16.7. The highest BCUT2D eigenvalue weighted by molar-refractivity contribution is 6.33. The van der Waals surface area contributed by atoms with E-state index in [1.54, 1.807) is 0 Å². The van der Waals surface area contributed by atoms with Crippen molar-refractivity contribution in [2.24, 2.45) is 0 Å². The number of ether oxygens (including phenoxy) is 1. The van der Waals surface area contributed by atoms with Gasteiger partial charge in [0.25, 0.3) is 0 Å². The van der Waals surface area contributed by atoms with Crippen molar-refractivity contribution in [3.05, 3.63) is 59.1 Å². The van der Waals surface area contributed by atoms with Crippen LogP contribution in [-0.2, 0) is 11.2 Å². The molecule has 22 heavy (non-hydrogen) atoms. The van der Waals surface area contributed by atoms with Crippen LogP contribution >= 0.6 is 11.6 Å². The van der Waals surface area contributed by atoms with Crippen LogP contribution in [0.4, 0.5) is 0 Å². The molecule has 0 aromatic heterocycles. The number of benzene rings is 2. The van der Waals surface area contributed by atoms with Crippen LogP contribution in [-0.4, -0.2) is 37.7 Å². The van der Waals surface area contributed by atoms with Crippen molar-refractivity contribution in [1.29, 1.82) is 0 Å². The molecule has 2 nitrogen and oxygen atoms in total. The van der Waals surface area contributed by atoms with Crippen LogP contribution in [0.2, 0.25) is 5.02 Å². The third-order valence-electron chi connectivity index (χ3n) is 4.21. The highest BCUT2D eigenvalue weighted by Gasteiger charge is 2.11. The Morgan fingerprint density at radius 3 is 2.36 bits per heavy atom. The van der Waals surface area contributed by atoms with Gasteiger partial charge in [0, 0.05) is 23.7 Å². The molecule has 0 radical (unpaired) electrons. The van der Waals surface area contributed by atoms with Gasteiger partial charge >= 0.3 is 0 Å². The molecule has 1 fully saturated rings. The van der Waals surface area contributed by atoms with Crippen LogP contribution in [0, 0.1) is 0 Å². The second kappa shape index (κ2) is 7.77. The van der Waals surface area contributed by atoms with Gasteiger partial charge in [0.15, 0.2) is 0 Å². The molecule has 2 aromatic carbocycles. The van der Waals surface area contributed by atoms with Crippen LogP contribution in [0.3, 0.4) is 0 Å². The summed E-state index contributed by atoms with van der Waals surface area (Å²) >= 11 is 6.36. The lowest BCUT2D eigenvalue weighted by atomic mass is 9.96. The number of hydrogen-bond donors (Lipinski definition) is 0. The Morgan fingerprint density at radius 2 is 1.59 bits per heavy atom. The third kappa shape index (κ3) is 3.89. The Balaban J connectivity index is 1.68. The Bertz CT molecular complexity index is 608. The first-order valence-corrected chi connectivity index (χ1v) is 8.35. The Hall–Kier alpha value is -1.35. The van der Waals surface area contributed by atoms with Gasteiger partial charge in [-0.15, -0.1) is 0 Å². The molecule has 3 heteroatoms. The zero-order valence-corrected chi connectivity index (χ0v) is 13.6. The largest absolute Gasteiger partial charge is 0.379 e. The number of morpholine rings is 1. The number of aryl methyl sites for hydroxylation is 1. The van der Waals surface area contributed by atoms with E-state index >= 15 is 0 Å². The smallest absolute Gasteiger partial charge is 0.0594 e. The summed E-state index contributed by atoms with van der Waals surface area (Å²) < 4.78 is 5.40. The van der Waals surface area contributed by atoms with Crippen molar-refractivity contribution in [3.8, 4) is 11.1 Å². The van der Waals surface area contributed by atoms with Gasteiger partial charge in [0.05, 0.1) is 13.2 Å². The first-order chi connectivity index (χ1) is 10.8. The Morgan fingerprint density at radius 1 is 0.909 bits per heavy atom. The predicted octanol–water partition coefficient (Wildman–Crippen LogP) is 4.27. The van der Waals surface area contributed by atoms with Crippen LogP contribution in [0.1, 0.15) is 12.0 Å². The van der Waals surface area contributed by atoms with Crippen molar-refractivity contribution in [2.45, 2.75) is 12.8 Å². The van der Waals surface area contributed by atoms with Gasteiger partial charge in [-0.05, 0) is 36.6 Å². The topological polar surface area (TPSA) is 12.5 Å². The van der Waals surface area contributed by atoms with Crippen molar-refractivity contribution >= 4 is 11.6 Å². The number of hydrogen-bond acceptors (Lipinski definition) is 2. The molecular weight excluding hydrogens is 294 g/mol. The highest BCUT2D eigenvalue weighted by atomic mass is 35.5. The average molecular weight is 316 g/mol.